The van der Waals surface area contributed by atoms with Crippen molar-refractivity contribution in [3.05, 3.63) is 17.0 Å². The largest absolute Gasteiger partial charge is 0.481 e. The van der Waals surface area contributed by atoms with Crippen LogP contribution in [0.2, 0.25) is 0 Å². The van der Waals surface area contributed by atoms with Crippen molar-refractivity contribution in [2.24, 2.45) is 13.0 Å². The van der Waals surface area contributed by atoms with Crippen molar-refractivity contribution in [1.82, 2.24) is 14.7 Å². The number of aryl methyl sites for hydroxylation is 2. The lowest BCUT2D eigenvalue weighted by Crippen LogP contribution is -2.53. The summed E-state index contributed by atoms with van der Waals surface area (Å²) in [4.78, 5) is 24.2. The van der Waals surface area contributed by atoms with Gasteiger partial charge in [-0.2, -0.15) is 5.10 Å². The fourth-order valence-corrected chi connectivity index (χ4v) is 2.17. The van der Waals surface area contributed by atoms with E-state index in [0.717, 1.165) is 17.0 Å². The molecule has 1 aliphatic heterocycles. The Morgan fingerprint density at radius 1 is 1.39 bits per heavy atom. The molecule has 2 rings (SSSR count). The third kappa shape index (κ3) is 2.10. The molecule has 0 bridgehead atoms. The zero-order valence-corrected chi connectivity index (χ0v) is 10.8. The molecule has 1 N–H and O–H groups in total. The Morgan fingerprint density at radius 2 is 2.00 bits per heavy atom. The van der Waals surface area contributed by atoms with Gasteiger partial charge in [0.05, 0.1) is 18.0 Å². The van der Waals surface area contributed by atoms with E-state index >= 15 is 0 Å². The Morgan fingerprint density at radius 3 is 2.44 bits per heavy atom. The third-order valence-corrected chi connectivity index (χ3v) is 3.57. The number of carbonyl (C=O) groups excluding carboxylic acids is 1. The molecule has 0 saturated carbocycles. The topological polar surface area (TPSA) is 75.4 Å². The molecule has 0 radical (unpaired) electrons. The van der Waals surface area contributed by atoms with Gasteiger partial charge in [-0.05, 0) is 13.8 Å². The number of carbonyl (C=O) groups is 2. The maximum Gasteiger partial charge on any atom is 0.310 e. The number of hydrogen-bond acceptors (Lipinski definition) is 3. The second-order valence-corrected chi connectivity index (χ2v) is 4.78. The van der Waals surface area contributed by atoms with Gasteiger partial charge in [-0.1, -0.05) is 0 Å². The van der Waals surface area contributed by atoms with E-state index in [9.17, 15) is 9.59 Å². The van der Waals surface area contributed by atoms with Gasteiger partial charge in [0.15, 0.2) is 0 Å². The highest BCUT2D eigenvalue weighted by atomic mass is 16.4. The first-order chi connectivity index (χ1) is 8.40. The molecule has 1 aromatic heterocycles. The van der Waals surface area contributed by atoms with Crippen LogP contribution in [0.1, 0.15) is 17.0 Å². The van der Waals surface area contributed by atoms with Crippen molar-refractivity contribution in [3.63, 3.8) is 0 Å². The van der Waals surface area contributed by atoms with Crippen molar-refractivity contribution in [2.75, 3.05) is 13.1 Å². The number of aliphatic carboxylic acids is 1. The minimum Gasteiger partial charge on any atom is -0.481 e. The van der Waals surface area contributed by atoms with Gasteiger partial charge in [0, 0.05) is 31.4 Å². The first-order valence-corrected chi connectivity index (χ1v) is 5.89. The summed E-state index contributed by atoms with van der Waals surface area (Å²) in [5.74, 6) is -1.25. The molecule has 1 aromatic rings. The lowest BCUT2D eigenvalue weighted by Gasteiger charge is -2.36. The van der Waals surface area contributed by atoms with E-state index in [2.05, 4.69) is 5.10 Å². The normalized spacial score (nSPS) is 15.6. The van der Waals surface area contributed by atoms with Crippen molar-refractivity contribution in [1.29, 1.82) is 0 Å². The number of nitrogens with zero attached hydrogens (tertiary/aromatic N) is 3. The second-order valence-electron chi connectivity index (χ2n) is 4.78. The van der Waals surface area contributed by atoms with E-state index in [0.29, 0.717) is 19.5 Å². The third-order valence-electron chi connectivity index (χ3n) is 3.57. The molecule has 0 atom stereocenters. The van der Waals surface area contributed by atoms with Crippen LogP contribution >= 0.6 is 0 Å². The van der Waals surface area contributed by atoms with Gasteiger partial charge in [0.25, 0.3) is 0 Å². The summed E-state index contributed by atoms with van der Waals surface area (Å²) in [5, 5.41) is 13.0. The Kier molecular flexibility index (Phi) is 3.11. The molecule has 2 heterocycles. The Hall–Kier alpha value is -1.85. The number of amides is 1. The number of hydrogen-bond donors (Lipinski definition) is 1. The molecule has 6 nitrogen and oxygen atoms in total. The molecule has 98 valence electrons. The van der Waals surface area contributed by atoms with E-state index in [1.54, 1.807) is 9.58 Å². The number of rotatable bonds is 3. The van der Waals surface area contributed by atoms with Crippen LogP contribution in [0.5, 0.6) is 0 Å². The molecule has 0 aromatic carbocycles. The van der Waals surface area contributed by atoms with Crippen LogP contribution in [0.3, 0.4) is 0 Å². The minimum absolute atomic E-state index is 0.0216. The minimum atomic E-state index is -0.826. The summed E-state index contributed by atoms with van der Waals surface area (Å²) in [6.07, 6.45) is 0.303. The monoisotopic (exact) mass is 251 g/mol. The molecule has 0 spiro atoms. The van der Waals surface area contributed by atoms with Crippen LogP contribution < -0.4 is 0 Å². The fraction of sp³-hybridized carbons (Fsp3) is 0.583. The van der Waals surface area contributed by atoms with E-state index in [1.165, 1.54) is 0 Å². The van der Waals surface area contributed by atoms with Crippen molar-refractivity contribution in [3.8, 4) is 0 Å². The number of aromatic nitrogens is 2. The van der Waals surface area contributed by atoms with E-state index < -0.39 is 11.9 Å². The summed E-state index contributed by atoms with van der Waals surface area (Å²) < 4.78 is 1.76. The number of likely N-dealkylation sites (tertiary alicyclic amines) is 1. The average Bonchev–Trinajstić information content (AvgIpc) is 2.42. The van der Waals surface area contributed by atoms with Crippen LogP contribution in [0.15, 0.2) is 0 Å². The summed E-state index contributed by atoms with van der Waals surface area (Å²) in [5.41, 5.74) is 2.79. The van der Waals surface area contributed by atoms with E-state index in [1.807, 2.05) is 20.9 Å². The quantitative estimate of drug-likeness (QED) is 0.828. The zero-order valence-electron chi connectivity index (χ0n) is 10.8. The highest BCUT2D eigenvalue weighted by Gasteiger charge is 2.35. The smallest absolute Gasteiger partial charge is 0.310 e. The molecule has 1 aliphatic rings. The van der Waals surface area contributed by atoms with Gasteiger partial charge in [-0.15, -0.1) is 0 Å². The average molecular weight is 251 g/mol. The van der Waals surface area contributed by atoms with Gasteiger partial charge in [-0.25, -0.2) is 0 Å². The Labute approximate surface area is 105 Å². The summed E-state index contributed by atoms with van der Waals surface area (Å²) in [7, 11) is 1.85. The summed E-state index contributed by atoms with van der Waals surface area (Å²) >= 11 is 0. The molecule has 1 fully saturated rings. The predicted molar refractivity (Wildman–Crippen MR) is 64.1 cm³/mol. The predicted octanol–water partition coefficient (Wildman–Crippen LogP) is 0.122. The highest BCUT2D eigenvalue weighted by Crippen LogP contribution is 2.19. The van der Waals surface area contributed by atoms with Gasteiger partial charge < -0.3 is 10.0 Å². The van der Waals surface area contributed by atoms with Gasteiger partial charge in [-0.3, -0.25) is 14.3 Å². The van der Waals surface area contributed by atoms with E-state index in [-0.39, 0.29) is 5.91 Å². The highest BCUT2D eigenvalue weighted by molar-refractivity contribution is 5.83. The van der Waals surface area contributed by atoms with Gasteiger partial charge in [0.2, 0.25) is 5.91 Å². The standard InChI is InChI=1S/C12H17N3O3/c1-7-10(8(2)14(3)13-7)4-11(16)15-5-9(6-15)12(17)18/h9H,4-6H2,1-3H3,(H,17,18). The molecule has 0 unspecified atom stereocenters. The van der Waals surface area contributed by atoms with Gasteiger partial charge >= 0.3 is 5.97 Å². The zero-order chi connectivity index (χ0) is 13.4. The fourth-order valence-electron chi connectivity index (χ4n) is 2.17. The maximum absolute atomic E-state index is 12.0. The second kappa shape index (κ2) is 4.44. The summed E-state index contributed by atoms with van der Waals surface area (Å²) in [6, 6.07) is 0. The van der Waals surface area contributed by atoms with Crippen LogP contribution in [0, 0.1) is 19.8 Å². The number of carboxylic acid groups (broad SMARTS) is 1. The van der Waals surface area contributed by atoms with Crippen molar-refractivity contribution >= 4 is 11.9 Å². The van der Waals surface area contributed by atoms with Crippen LogP contribution in [0.25, 0.3) is 0 Å². The first-order valence-electron chi connectivity index (χ1n) is 5.89. The van der Waals surface area contributed by atoms with Crippen LogP contribution in [0.4, 0.5) is 0 Å². The van der Waals surface area contributed by atoms with Crippen LogP contribution in [-0.2, 0) is 23.1 Å². The molecule has 6 heteroatoms. The molecule has 0 aliphatic carbocycles. The Balaban J connectivity index is 1.99. The molecule has 1 saturated heterocycles. The first kappa shape index (κ1) is 12.6. The van der Waals surface area contributed by atoms with E-state index in [4.69, 9.17) is 5.11 Å². The SMILES string of the molecule is Cc1nn(C)c(C)c1CC(=O)N1CC(C(=O)O)C1. The summed E-state index contributed by atoms with van der Waals surface area (Å²) in [6.45, 7) is 4.46. The molecule has 18 heavy (non-hydrogen) atoms. The number of carboxylic acids is 1. The molecule has 1 amide bonds. The molecular formula is C12H17N3O3. The maximum atomic E-state index is 12.0. The lowest BCUT2D eigenvalue weighted by molar-refractivity contribution is -0.152. The van der Waals surface area contributed by atoms with Crippen molar-refractivity contribution in [2.45, 2.75) is 20.3 Å². The van der Waals surface area contributed by atoms with Crippen molar-refractivity contribution < 1.29 is 14.7 Å². The lowest BCUT2D eigenvalue weighted by atomic mass is 9.99. The molecular weight excluding hydrogens is 234 g/mol. The van der Waals surface area contributed by atoms with Crippen LogP contribution in [-0.4, -0.2) is 44.8 Å². The Bertz CT molecular complexity index is 501. The van der Waals surface area contributed by atoms with Gasteiger partial charge in [0.1, 0.15) is 0 Å².